The second-order valence-corrected chi connectivity index (χ2v) is 5.26. The van der Waals surface area contributed by atoms with Gasteiger partial charge in [0.2, 0.25) is 0 Å². The van der Waals surface area contributed by atoms with E-state index in [1.807, 2.05) is 13.8 Å². The van der Waals surface area contributed by atoms with Gasteiger partial charge in [-0.15, -0.1) is 0 Å². The molecule has 0 bridgehead atoms. The molecule has 2 N–H and O–H groups in total. The van der Waals surface area contributed by atoms with Crippen LogP contribution in [0.15, 0.2) is 6.33 Å². The Kier molecular flexibility index (Phi) is 4.90. The van der Waals surface area contributed by atoms with Gasteiger partial charge in [0.15, 0.2) is 0 Å². The van der Waals surface area contributed by atoms with Crippen molar-refractivity contribution in [2.24, 2.45) is 5.73 Å². The van der Waals surface area contributed by atoms with E-state index in [1.165, 1.54) is 6.33 Å². The Morgan fingerprint density at radius 1 is 1.67 bits per heavy atom. The highest BCUT2D eigenvalue weighted by molar-refractivity contribution is 7.84. The maximum atomic E-state index is 11.8. The summed E-state index contributed by atoms with van der Waals surface area (Å²) in [5, 5.41) is 4.16. The summed E-state index contributed by atoms with van der Waals surface area (Å²) < 4.78 is 13.6. The highest BCUT2D eigenvalue weighted by Crippen LogP contribution is 2.07. The lowest BCUT2D eigenvalue weighted by molar-refractivity contribution is 0.623. The SMILES string of the molecule is CCn1ncnc1CS(=O)C(C)CCN. The molecule has 0 fully saturated rings. The smallest absolute Gasteiger partial charge is 0.139 e. The predicted molar refractivity (Wildman–Crippen MR) is 60.7 cm³/mol. The predicted octanol–water partition coefficient (Wildman–Crippen LogP) is 0.284. The zero-order chi connectivity index (χ0) is 11.3. The van der Waals surface area contributed by atoms with Crippen LogP contribution in [0.25, 0.3) is 0 Å². The van der Waals surface area contributed by atoms with E-state index < -0.39 is 10.8 Å². The summed E-state index contributed by atoms with van der Waals surface area (Å²) in [6, 6.07) is 0. The molecule has 1 aromatic rings. The van der Waals surface area contributed by atoms with E-state index in [0.717, 1.165) is 18.8 Å². The Morgan fingerprint density at radius 2 is 2.40 bits per heavy atom. The summed E-state index contributed by atoms with van der Waals surface area (Å²) >= 11 is 0. The number of hydrogen-bond acceptors (Lipinski definition) is 4. The van der Waals surface area contributed by atoms with Gasteiger partial charge in [0, 0.05) is 22.6 Å². The third-order valence-electron chi connectivity index (χ3n) is 2.29. The molecule has 15 heavy (non-hydrogen) atoms. The van der Waals surface area contributed by atoms with Crippen LogP contribution < -0.4 is 5.73 Å². The Morgan fingerprint density at radius 3 is 3.00 bits per heavy atom. The highest BCUT2D eigenvalue weighted by atomic mass is 32.2. The van der Waals surface area contributed by atoms with Gasteiger partial charge in [0.25, 0.3) is 0 Å². The molecular weight excluding hydrogens is 212 g/mol. The van der Waals surface area contributed by atoms with E-state index >= 15 is 0 Å². The Hall–Kier alpha value is -0.750. The molecular formula is C9H18N4OS. The molecule has 86 valence electrons. The first-order valence-electron chi connectivity index (χ1n) is 5.13. The van der Waals surface area contributed by atoms with Crippen LogP contribution >= 0.6 is 0 Å². The minimum absolute atomic E-state index is 0.122. The van der Waals surface area contributed by atoms with E-state index in [-0.39, 0.29) is 5.25 Å². The quantitative estimate of drug-likeness (QED) is 0.762. The summed E-state index contributed by atoms with van der Waals surface area (Å²) in [5.41, 5.74) is 5.43. The first-order chi connectivity index (χ1) is 7.19. The van der Waals surface area contributed by atoms with Gasteiger partial charge in [0.1, 0.15) is 12.2 Å². The summed E-state index contributed by atoms with van der Waals surface area (Å²) in [7, 11) is -0.909. The van der Waals surface area contributed by atoms with E-state index in [1.54, 1.807) is 4.68 Å². The van der Waals surface area contributed by atoms with Gasteiger partial charge in [0.05, 0.1) is 5.75 Å². The Bertz CT molecular complexity index is 326. The highest BCUT2D eigenvalue weighted by Gasteiger charge is 2.13. The fraction of sp³-hybridized carbons (Fsp3) is 0.778. The standard InChI is InChI=1S/C9H18N4OS/c1-3-13-9(11-7-12-13)6-15(14)8(2)4-5-10/h7-8H,3-6,10H2,1-2H3. The average molecular weight is 230 g/mol. The van der Waals surface area contributed by atoms with Crippen LogP contribution in [-0.4, -0.2) is 30.8 Å². The molecule has 0 aromatic carbocycles. The number of rotatable bonds is 6. The topological polar surface area (TPSA) is 73.8 Å². The molecule has 6 heteroatoms. The number of aromatic nitrogens is 3. The van der Waals surface area contributed by atoms with Crippen molar-refractivity contribution in [1.82, 2.24) is 14.8 Å². The van der Waals surface area contributed by atoms with E-state index in [2.05, 4.69) is 10.1 Å². The maximum absolute atomic E-state index is 11.8. The van der Waals surface area contributed by atoms with Gasteiger partial charge in [-0.1, -0.05) is 6.92 Å². The van der Waals surface area contributed by atoms with Gasteiger partial charge in [-0.25, -0.2) is 9.67 Å². The third-order valence-corrected chi connectivity index (χ3v) is 3.96. The molecule has 2 unspecified atom stereocenters. The van der Waals surface area contributed by atoms with Crippen molar-refractivity contribution in [3.05, 3.63) is 12.2 Å². The Balaban J connectivity index is 2.58. The van der Waals surface area contributed by atoms with Crippen molar-refractivity contribution in [3.8, 4) is 0 Å². The van der Waals surface area contributed by atoms with E-state index in [9.17, 15) is 4.21 Å². The lowest BCUT2D eigenvalue weighted by Crippen LogP contribution is -2.19. The molecule has 0 aliphatic heterocycles. The zero-order valence-corrected chi connectivity index (χ0v) is 10.0. The largest absolute Gasteiger partial charge is 0.330 e. The first-order valence-corrected chi connectivity index (χ1v) is 6.51. The third kappa shape index (κ3) is 3.39. The maximum Gasteiger partial charge on any atom is 0.139 e. The van der Waals surface area contributed by atoms with Crippen molar-refractivity contribution in [3.63, 3.8) is 0 Å². The molecule has 0 saturated carbocycles. The van der Waals surface area contributed by atoms with Gasteiger partial charge in [-0.05, 0) is 19.9 Å². The number of hydrogen-bond donors (Lipinski definition) is 1. The summed E-state index contributed by atoms with van der Waals surface area (Å²) in [6.07, 6.45) is 2.29. The van der Waals surface area contributed by atoms with E-state index in [0.29, 0.717) is 12.3 Å². The molecule has 1 rings (SSSR count). The van der Waals surface area contributed by atoms with Crippen LogP contribution in [0.2, 0.25) is 0 Å². The van der Waals surface area contributed by atoms with Gasteiger partial charge < -0.3 is 5.73 Å². The molecule has 0 aliphatic rings. The molecule has 1 aromatic heterocycles. The second kappa shape index (κ2) is 5.97. The monoisotopic (exact) mass is 230 g/mol. The number of nitrogens with zero attached hydrogens (tertiary/aromatic N) is 3. The van der Waals surface area contributed by atoms with Crippen LogP contribution in [-0.2, 0) is 23.1 Å². The van der Waals surface area contributed by atoms with Crippen molar-refractivity contribution in [2.75, 3.05) is 6.54 Å². The molecule has 1 heterocycles. The zero-order valence-electron chi connectivity index (χ0n) is 9.22. The molecule has 0 spiro atoms. The van der Waals surface area contributed by atoms with Gasteiger partial charge in [-0.2, -0.15) is 5.10 Å². The van der Waals surface area contributed by atoms with Crippen LogP contribution in [0.3, 0.4) is 0 Å². The van der Waals surface area contributed by atoms with Crippen molar-refractivity contribution in [2.45, 2.75) is 37.8 Å². The van der Waals surface area contributed by atoms with Gasteiger partial charge >= 0.3 is 0 Å². The van der Waals surface area contributed by atoms with Gasteiger partial charge in [-0.3, -0.25) is 4.21 Å². The number of aryl methyl sites for hydroxylation is 1. The summed E-state index contributed by atoms with van der Waals surface area (Å²) in [5.74, 6) is 1.26. The minimum atomic E-state index is -0.909. The number of nitrogens with two attached hydrogens (primary N) is 1. The average Bonchev–Trinajstić information content (AvgIpc) is 2.65. The fourth-order valence-corrected chi connectivity index (χ4v) is 2.46. The summed E-state index contributed by atoms with van der Waals surface area (Å²) in [6.45, 7) is 5.28. The summed E-state index contributed by atoms with van der Waals surface area (Å²) in [4.78, 5) is 4.10. The van der Waals surface area contributed by atoms with Crippen LogP contribution in [0, 0.1) is 0 Å². The molecule has 2 atom stereocenters. The minimum Gasteiger partial charge on any atom is -0.330 e. The molecule has 0 saturated heterocycles. The lowest BCUT2D eigenvalue weighted by Gasteiger charge is -2.09. The van der Waals surface area contributed by atoms with E-state index in [4.69, 9.17) is 5.73 Å². The van der Waals surface area contributed by atoms with Crippen LogP contribution in [0.4, 0.5) is 0 Å². The second-order valence-electron chi connectivity index (χ2n) is 3.41. The lowest BCUT2D eigenvalue weighted by atomic mass is 10.3. The molecule has 0 aliphatic carbocycles. The van der Waals surface area contributed by atoms with Crippen LogP contribution in [0.5, 0.6) is 0 Å². The molecule has 5 nitrogen and oxygen atoms in total. The van der Waals surface area contributed by atoms with Crippen LogP contribution in [0.1, 0.15) is 26.1 Å². The van der Waals surface area contributed by atoms with Crippen molar-refractivity contribution < 1.29 is 4.21 Å². The molecule has 0 amide bonds. The van der Waals surface area contributed by atoms with Crippen molar-refractivity contribution >= 4 is 10.8 Å². The first kappa shape index (κ1) is 12.3. The molecule has 0 radical (unpaired) electrons. The van der Waals surface area contributed by atoms with Crippen molar-refractivity contribution in [1.29, 1.82) is 0 Å². The fourth-order valence-electron chi connectivity index (χ4n) is 1.30. The Labute approximate surface area is 92.5 Å². The normalized spacial score (nSPS) is 15.1.